The predicted molar refractivity (Wildman–Crippen MR) is 104 cm³/mol. The molecule has 0 radical (unpaired) electrons. The van der Waals surface area contributed by atoms with Crippen molar-refractivity contribution in [3.8, 4) is 0 Å². The normalized spacial score (nSPS) is 22.6. The van der Waals surface area contributed by atoms with Crippen molar-refractivity contribution in [3.63, 3.8) is 0 Å². The first-order valence-corrected chi connectivity index (χ1v) is 11.5. The van der Waals surface area contributed by atoms with Crippen LogP contribution in [0.2, 0.25) is 0 Å². The standard InChI is InChI=1S/C20H29N3O3S/c24-19(22-15-20(16-22)10-2-1-3-11-20)21-14-17-6-8-18(9-7-17)27(25,26)23-12-4-5-13-23/h6-9H,1-5,10-16H2,(H,21,24). The Morgan fingerprint density at radius 2 is 1.59 bits per heavy atom. The molecular weight excluding hydrogens is 362 g/mol. The van der Waals surface area contributed by atoms with Crippen LogP contribution in [0.3, 0.4) is 0 Å². The van der Waals surface area contributed by atoms with Gasteiger partial charge in [0.1, 0.15) is 0 Å². The number of carbonyl (C=O) groups excluding carboxylic acids is 1. The van der Waals surface area contributed by atoms with Crippen LogP contribution in [0.25, 0.3) is 0 Å². The third kappa shape index (κ3) is 3.85. The lowest BCUT2D eigenvalue weighted by molar-refractivity contribution is 0.000802. The van der Waals surface area contributed by atoms with E-state index in [1.54, 1.807) is 28.6 Å². The van der Waals surface area contributed by atoms with Crippen LogP contribution in [-0.2, 0) is 16.6 Å². The zero-order valence-corrected chi connectivity index (χ0v) is 16.6. The van der Waals surface area contributed by atoms with Gasteiger partial charge in [0.2, 0.25) is 10.0 Å². The highest BCUT2D eigenvalue weighted by Crippen LogP contribution is 2.43. The average Bonchev–Trinajstić information content (AvgIpc) is 3.21. The van der Waals surface area contributed by atoms with E-state index >= 15 is 0 Å². The van der Waals surface area contributed by atoms with Gasteiger partial charge in [0.05, 0.1) is 4.90 Å². The lowest BCUT2D eigenvalue weighted by Crippen LogP contribution is -2.61. The number of nitrogens with one attached hydrogen (secondary N) is 1. The summed E-state index contributed by atoms with van der Waals surface area (Å²) in [7, 11) is -3.37. The molecule has 0 aromatic heterocycles. The molecule has 2 saturated heterocycles. The van der Waals surface area contributed by atoms with Crippen molar-refractivity contribution >= 4 is 16.1 Å². The number of hydrogen-bond donors (Lipinski definition) is 1. The summed E-state index contributed by atoms with van der Waals surface area (Å²) in [5.41, 5.74) is 1.30. The summed E-state index contributed by atoms with van der Waals surface area (Å²) in [4.78, 5) is 14.6. The Bertz CT molecular complexity index is 771. The van der Waals surface area contributed by atoms with Crippen LogP contribution in [0.4, 0.5) is 4.79 Å². The van der Waals surface area contributed by atoms with Gasteiger partial charge in [-0.05, 0) is 43.4 Å². The van der Waals surface area contributed by atoms with Gasteiger partial charge < -0.3 is 10.2 Å². The van der Waals surface area contributed by atoms with Crippen molar-refractivity contribution in [1.29, 1.82) is 0 Å². The molecule has 6 nitrogen and oxygen atoms in total. The number of urea groups is 1. The summed E-state index contributed by atoms with van der Waals surface area (Å²) in [6.45, 7) is 3.40. The molecule has 27 heavy (non-hydrogen) atoms. The van der Waals surface area contributed by atoms with Gasteiger partial charge in [0.15, 0.2) is 0 Å². The van der Waals surface area contributed by atoms with E-state index in [2.05, 4.69) is 5.32 Å². The Morgan fingerprint density at radius 1 is 0.963 bits per heavy atom. The van der Waals surface area contributed by atoms with Gasteiger partial charge in [-0.3, -0.25) is 0 Å². The highest BCUT2D eigenvalue weighted by atomic mass is 32.2. The second-order valence-corrected chi connectivity index (χ2v) is 10.3. The maximum atomic E-state index is 12.5. The molecule has 4 rings (SSSR count). The molecule has 2 aliphatic heterocycles. The van der Waals surface area contributed by atoms with Gasteiger partial charge in [-0.15, -0.1) is 0 Å². The van der Waals surface area contributed by atoms with Crippen LogP contribution >= 0.6 is 0 Å². The Kier molecular flexibility index (Phi) is 5.16. The first-order valence-electron chi connectivity index (χ1n) is 10.1. The zero-order chi connectivity index (χ0) is 18.9. The summed E-state index contributed by atoms with van der Waals surface area (Å²) in [6.07, 6.45) is 8.29. The highest BCUT2D eigenvalue weighted by Gasteiger charge is 2.45. The van der Waals surface area contributed by atoms with E-state index < -0.39 is 10.0 Å². The van der Waals surface area contributed by atoms with E-state index in [1.807, 2.05) is 4.90 Å². The molecule has 1 aromatic rings. The second-order valence-electron chi connectivity index (χ2n) is 8.33. The molecule has 0 unspecified atom stereocenters. The van der Waals surface area contributed by atoms with Crippen LogP contribution in [0, 0.1) is 5.41 Å². The van der Waals surface area contributed by atoms with Crippen molar-refractivity contribution in [3.05, 3.63) is 29.8 Å². The molecule has 1 spiro atoms. The number of hydrogen-bond acceptors (Lipinski definition) is 3. The molecule has 1 N–H and O–H groups in total. The zero-order valence-electron chi connectivity index (χ0n) is 15.8. The molecule has 7 heteroatoms. The van der Waals surface area contributed by atoms with E-state index in [0.717, 1.165) is 31.5 Å². The summed E-state index contributed by atoms with van der Waals surface area (Å²) in [6, 6.07) is 6.87. The molecule has 1 aliphatic carbocycles. The minimum atomic E-state index is -3.37. The average molecular weight is 392 g/mol. The van der Waals surface area contributed by atoms with Crippen LogP contribution in [-0.4, -0.2) is 49.8 Å². The third-order valence-corrected chi connectivity index (χ3v) is 8.24. The molecule has 1 saturated carbocycles. The van der Waals surface area contributed by atoms with Gasteiger partial charge in [0.25, 0.3) is 0 Å². The fourth-order valence-electron chi connectivity index (χ4n) is 4.67. The predicted octanol–water partition coefficient (Wildman–Crippen LogP) is 2.95. The van der Waals surface area contributed by atoms with Gasteiger partial charge >= 0.3 is 6.03 Å². The monoisotopic (exact) mass is 391 g/mol. The van der Waals surface area contributed by atoms with E-state index in [-0.39, 0.29) is 6.03 Å². The number of rotatable bonds is 4. The van der Waals surface area contributed by atoms with Crippen molar-refractivity contribution in [2.75, 3.05) is 26.2 Å². The largest absolute Gasteiger partial charge is 0.334 e. The summed E-state index contributed by atoms with van der Waals surface area (Å²) in [5.74, 6) is 0. The van der Waals surface area contributed by atoms with E-state index in [1.165, 1.54) is 32.1 Å². The van der Waals surface area contributed by atoms with Crippen LogP contribution in [0.5, 0.6) is 0 Å². The molecule has 2 heterocycles. The van der Waals surface area contributed by atoms with Crippen molar-refractivity contribution in [2.24, 2.45) is 5.41 Å². The summed E-state index contributed by atoms with van der Waals surface area (Å²) in [5, 5.41) is 2.96. The molecule has 0 atom stereocenters. The smallest absolute Gasteiger partial charge is 0.317 e. The van der Waals surface area contributed by atoms with Crippen molar-refractivity contribution in [2.45, 2.75) is 56.4 Å². The van der Waals surface area contributed by atoms with Gasteiger partial charge in [-0.1, -0.05) is 31.4 Å². The van der Waals surface area contributed by atoms with E-state index in [9.17, 15) is 13.2 Å². The van der Waals surface area contributed by atoms with Crippen LogP contribution < -0.4 is 5.32 Å². The fraction of sp³-hybridized carbons (Fsp3) is 0.650. The second kappa shape index (κ2) is 7.43. The Morgan fingerprint density at radius 3 is 2.22 bits per heavy atom. The lowest BCUT2D eigenvalue weighted by atomic mass is 9.69. The van der Waals surface area contributed by atoms with E-state index in [4.69, 9.17) is 0 Å². The van der Waals surface area contributed by atoms with Crippen molar-refractivity contribution in [1.82, 2.24) is 14.5 Å². The quantitative estimate of drug-likeness (QED) is 0.858. The number of sulfonamides is 1. The number of amides is 2. The third-order valence-electron chi connectivity index (χ3n) is 6.32. The fourth-order valence-corrected chi connectivity index (χ4v) is 6.19. The van der Waals surface area contributed by atoms with Gasteiger partial charge in [0, 0.05) is 38.1 Å². The summed E-state index contributed by atoms with van der Waals surface area (Å²) < 4.78 is 26.6. The molecule has 2 amide bonds. The highest BCUT2D eigenvalue weighted by molar-refractivity contribution is 7.89. The van der Waals surface area contributed by atoms with E-state index in [0.29, 0.717) is 29.9 Å². The Hall–Kier alpha value is -1.60. The molecule has 0 bridgehead atoms. The SMILES string of the molecule is O=C(NCc1ccc(S(=O)(=O)N2CCCC2)cc1)N1CC2(CCCCC2)C1. The maximum absolute atomic E-state index is 12.5. The van der Waals surface area contributed by atoms with Gasteiger partial charge in [-0.25, -0.2) is 13.2 Å². The Balaban J connectivity index is 1.28. The number of carbonyl (C=O) groups is 1. The first-order chi connectivity index (χ1) is 13.0. The van der Waals surface area contributed by atoms with Crippen LogP contribution in [0.15, 0.2) is 29.2 Å². The number of likely N-dealkylation sites (tertiary alicyclic amines) is 1. The molecule has 3 aliphatic rings. The van der Waals surface area contributed by atoms with Gasteiger partial charge in [-0.2, -0.15) is 4.31 Å². The molecular formula is C20H29N3O3S. The topological polar surface area (TPSA) is 69.7 Å². The van der Waals surface area contributed by atoms with Crippen LogP contribution in [0.1, 0.15) is 50.5 Å². The molecule has 1 aromatic carbocycles. The number of benzene rings is 1. The van der Waals surface area contributed by atoms with Crippen molar-refractivity contribution < 1.29 is 13.2 Å². The lowest BCUT2D eigenvalue weighted by Gasteiger charge is -2.52. The maximum Gasteiger partial charge on any atom is 0.317 e. The number of nitrogens with zero attached hydrogens (tertiary/aromatic N) is 2. The minimum absolute atomic E-state index is 0.0139. The minimum Gasteiger partial charge on any atom is -0.334 e. The molecule has 148 valence electrons. The Labute approximate surface area is 162 Å². The summed E-state index contributed by atoms with van der Waals surface area (Å²) >= 11 is 0. The molecule has 3 fully saturated rings. The first kappa shape index (κ1) is 18.7.